The van der Waals surface area contributed by atoms with Crippen LogP contribution in [0.15, 0.2) is 30.3 Å². The molecule has 0 aliphatic heterocycles. The van der Waals surface area contributed by atoms with Crippen molar-refractivity contribution in [3.8, 4) is 5.75 Å². The summed E-state index contributed by atoms with van der Waals surface area (Å²) in [4.78, 5) is 10.6. The average molecular weight is 206 g/mol. The van der Waals surface area contributed by atoms with Gasteiger partial charge in [-0.05, 0) is 32.4 Å². The van der Waals surface area contributed by atoms with Crippen LogP contribution in [0.5, 0.6) is 5.75 Å². The molecule has 2 nitrogen and oxygen atoms in total. The van der Waals surface area contributed by atoms with Crippen LogP contribution >= 0.6 is 0 Å². The molecule has 0 aliphatic carbocycles. The molecule has 1 atom stereocenters. The van der Waals surface area contributed by atoms with Gasteiger partial charge in [0.15, 0.2) is 0 Å². The highest BCUT2D eigenvalue weighted by atomic mass is 16.5. The van der Waals surface area contributed by atoms with E-state index in [1.54, 1.807) is 0 Å². The zero-order chi connectivity index (χ0) is 11.3. The van der Waals surface area contributed by atoms with Gasteiger partial charge in [-0.3, -0.25) is 0 Å². The minimum Gasteiger partial charge on any atom is -0.488 e. The van der Waals surface area contributed by atoms with Gasteiger partial charge in [-0.15, -0.1) is 0 Å². The maximum Gasteiger partial charge on any atom is 0.122 e. The fourth-order valence-electron chi connectivity index (χ4n) is 1.67. The van der Waals surface area contributed by atoms with Gasteiger partial charge in [0, 0.05) is 5.92 Å². The lowest BCUT2D eigenvalue weighted by atomic mass is 9.95. The third-order valence-electron chi connectivity index (χ3n) is 2.18. The van der Waals surface area contributed by atoms with Crippen LogP contribution in [0.4, 0.5) is 0 Å². The van der Waals surface area contributed by atoms with Crippen molar-refractivity contribution in [2.24, 2.45) is 5.92 Å². The number of aldehydes is 1. The van der Waals surface area contributed by atoms with Crippen molar-refractivity contribution in [2.75, 3.05) is 0 Å². The molecular formula is C13H18O2. The van der Waals surface area contributed by atoms with E-state index in [4.69, 9.17) is 4.74 Å². The largest absolute Gasteiger partial charge is 0.488 e. The van der Waals surface area contributed by atoms with Crippen LogP contribution < -0.4 is 4.74 Å². The Bertz CT molecular complexity index is 304. The van der Waals surface area contributed by atoms with Crippen LogP contribution in [0.3, 0.4) is 0 Å². The minimum absolute atomic E-state index is 0.0312. The van der Waals surface area contributed by atoms with E-state index in [0.717, 1.165) is 18.5 Å². The number of carbonyl (C=O) groups excluding carboxylic acids is 1. The summed E-state index contributed by atoms with van der Waals surface area (Å²) in [5.74, 6) is 0.879. The van der Waals surface area contributed by atoms with E-state index in [9.17, 15) is 4.79 Å². The van der Waals surface area contributed by atoms with E-state index in [-0.39, 0.29) is 11.5 Å². The van der Waals surface area contributed by atoms with Gasteiger partial charge in [-0.2, -0.15) is 0 Å². The molecule has 0 fully saturated rings. The fourth-order valence-corrected chi connectivity index (χ4v) is 1.67. The van der Waals surface area contributed by atoms with Gasteiger partial charge >= 0.3 is 0 Å². The first-order chi connectivity index (χ1) is 7.03. The molecule has 2 heteroatoms. The topological polar surface area (TPSA) is 26.3 Å². The van der Waals surface area contributed by atoms with Crippen molar-refractivity contribution >= 4 is 6.29 Å². The van der Waals surface area contributed by atoms with Crippen LogP contribution in [0.2, 0.25) is 0 Å². The Balaban J connectivity index is 2.60. The normalized spacial score (nSPS) is 13.3. The Morgan fingerprint density at radius 2 is 1.93 bits per heavy atom. The summed E-state index contributed by atoms with van der Waals surface area (Å²) in [7, 11) is 0. The quantitative estimate of drug-likeness (QED) is 0.692. The molecule has 1 aromatic rings. The minimum atomic E-state index is -0.304. The van der Waals surface area contributed by atoms with Crippen LogP contribution in [0.1, 0.15) is 27.2 Å². The molecule has 0 radical (unpaired) electrons. The molecule has 15 heavy (non-hydrogen) atoms. The van der Waals surface area contributed by atoms with Crippen molar-refractivity contribution in [1.29, 1.82) is 0 Å². The zero-order valence-electron chi connectivity index (χ0n) is 9.57. The van der Waals surface area contributed by atoms with Crippen LogP contribution in [0.25, 0.3) is 0 Å². The summed E-state index contributed by atoms with van der Waals surface area (Å²) in [5, 5.41) is 0. The number of benzene rings is 1. The van der Waals surface area contributed by atoms with E-state index in [1.807, 2.05) is 51.1 Å². The highest BCUT2D eigenvalue weighted by Crippen LogP contribution is 2.23. The van der Waals surface area contributed by atoms with E-state index < -0.39 is 0 Å². The summed E-state index contributed by atoms with van der Waals surface area (Å²) in [6.45, 7) is 5.91. The molecular weight excluding hydrogens is 188 g/mol. The van der Waals surface area contributed by atoms with Crippen molar-refractivity contribution in [2.45, 2.75) is 32.8 Å². The Kier molecular flexibility index (Phi) is 3.89. The Morgan fingerprint density at radius 3 is 2.47 bits per heavy atom. The molecule has 1 rings (SSSR count). The number of carbonyl (C=O) groups is 1. The molecule has 82 valence electrons. The summed E-state index contributed by atoms with van der Waals surface area (Å²) in [6, 6.07) is 9.68. The highest BCUT2D eigenvalue weighted by molar-refractivity contribution is 5.52. The Hall–Kier alpha value is -1.31. The predicted molar refractivity (Wildman–Crippen MR) is 61.0 cm³/mol. The van der Waals surface area contributed by atoms with E-state index in [0.29, 0.717) is 0 Å². The number of rotatable bonds is 5. The van der Waals surface area contributed by atoms with Gasteiger partial charge in [0.05, 0.1) is 0 Å². The lowest BCUT2D eigenvalue weighted by Gasteiger charge is -2.27. The average Bonchev–Trinajstić information content (AvgIpc) is 2.17. The summed E-state index contributed by atoms with van der Waals surface area (Å²) in [5.41, 5.74) is -0.304. The van der Waals surface area contributed by atoms with Gasteiger partial charge in [-0.25, -0.2) is 0 Å². The van der Waals surface area contributed by atoms with Crippen molar-refractivity contribution in [3.63, 3.8) is 0 Å². The summed E-state index contributed by atoms with van der Waals surface area (Å²) in [6.07, 6.45) is 1.70. The molecule has 0 spiro atoms. The predicted octanol–water partition coefficient (Wildman–Crippen LogP) is 3.07. The molecule has 0 aromatic heterocycles. The molecule has 0 saturated heterocycles. The second-order valence-electron chi connectivity index (χ2n) is 4.49. The number of hydrogen-bond donors (Lipinski definition) is 0. The SMILES string of the molecule is CC(C=O)CC(C)(C)Oc1ccccc1. The van der Waals surface area contributed by atoms with Crippen LogP contribution in [-0.2, 0) is 4.79 Å². The summed E-state index contributed by atoms with van der Waals surface area (Å²) >= 11 is 0. The molecule has 1 unspecified atom stereocenters. The van der Waals surface area contributed by atoms with Crippen molar-refractivity contribution in [3.05, 3.63) is 30.3 Å². The lowest BCUT2D eigenvalue weighted by molar-refractivity contribution is -0.112. The Labute approximate surface area is 91.3 Å². The second-order valence-corrected chi connectivity index (χ2v) is 4.49. The maximum atomic E-state index is 10.6. The monoisotopic (exact) mass is 206 g/mol. The van der Waals surface area contributed by atoms with Gasteiger partial charge in [-0.1, -0.05) is 25.1 Å². The standard InChI is InChI=1S/C13H18O2/c1-11(10-14)9-13(2,3)15-12-7-5-4-6-8-12/h4-8,10-11H,9H2,1-3H3. The number of ether oxygens (including phenoxy) is 1. The zero-order valence-corrected chi connectivity index (χ0v) is 9.57. The molecule has 0 heterocycles. The van der Waals surface area contributed by atoms with Crippen LogP contribution in [0, 0.1) is 5.92 Å². The van der Waals surface area contributed by atoms with E-state index in [2.05, 4.69) is 0 Å². The highest BCUT2D eigenvalue weighted by Gasteiger charge is 2.22. The van der Waals surface area contributed by atoms with E-state index in [1.165, 1.54) is 0 Å². The van der Waals surface area contributed by atoms with Gasteiger partial charge in [0.25, 0.3) is 0 Å². The Morgan fingerprint density at radius 1 is 1.33 bits per heavy atom. The number of hydrogen-bond acceptors (Lipinski definition) is 2. The second kappa shape index (κ2) is 4.96. The fraction of sp³-hybridized carbons (Fsp3) is 0.462. The molecule has 0 N–H and O–H groups in total. The summed E-state index contributed by atoms with van der Waals surface area (Å²) < 4.78 is 5.82. The first-order valence-electron chi connectivity index (χ1n) is 5.23. The molecule has 0 saturated carbocycles. The first-order valence-corrected chi connectivity index (χ1v) is 5.23. The van der Waals surface area contributed by atoms with Crippen molar-refractivity contribution in [1.82, 2.24) is 0 Å². The van der Waals surface area contributed by atoms with Gasteiger partial charge in [0.2, 0.25) is 0 Å². The van der Waals surface area contributed by atoms with Gasteiger partial charge < -0.3 is 9.53 Å². The maximum absolute atomic E-state index is 10.6. The lowest BCUT2D eigenvalue weighted by Crippen LogP contribution is -2.30. The molecule has 1 aromatic carbocycles. The first kappa shape index (κ1) is 11.8. The smallest absolute Gasteiger partial charge is 0.122 e. The molecule has 0 bridgehead atoms. The number of para-hydroxylation sites is 1. The van der Waals surface area contributed by atoms with Crippen molar-refractivity contribution < 1.29 is 9.53 Å². The molecule has 0 amide bonds. The van der Waals surface area contributed by atoms with E-state index >= 15 is 0 Å². The van der Waals surface area contributed by atoms with Crippen LogP contribution in [-0.4, -0.2) is 11.9 Å². The molecule has 0 aliphatic rings. The third-order valence-corrected chi connectivity index (χ3v) is 2.18. The van der Waals surface area contributed by atoms with Gasteiger partial charge in [0.1, 0.15) is 17.6 Å². The third kappa shape index (κ3) is 4.15.